The van der Waals surface area contributed by atoms with Crippen LogP contribution in [0.3, 0.4) is 0 Å². The number of aromatic nitrogens is 3. The quantitative estimate of drug-likeness (QED) is 0.741. The van der Waals surface area contributed by atoms with Gasteiger partial charge in [-0.15, -0.1) is 0 Å². The Labute approximate surface area is 142 Å². The maximum absolute atomic E-state index is 13.1. The number of alkyl halides is 3. The van der Waals surface area contributed by atoms with Crippen molar-refractivity contribution in [3.63, 3.8) is 0 Å². The van der Waals surface area contributed by atoms with E-state index in [1.807, 2.05) is 0 Å². The zero-order valence-electron chi connectivity index (χ0n) is 13.4. The van der Waals surface area contributed by atoms with E-state index in [1.165, 1.54) is 12.1 Å². The summed E-state index contributed by atoms with van der Waals surface area (Å²) in [6.45, 7) is 0.427. The van der Waals surface area contributed by atoms with E-state index in [2.05, 4.69) is 25.6 Å². The van der Waals surface area contributed by atoms with Crippen LogP contribution in [0.4, 0.5) is 19.0 Å². The highest BCUT2D eigenvalue weighted by atomic mass is 19.4. The predicted molar refractivity (Wildman–Crippen MR) is 88.9 cm³/mol. The molecule has 25 heavy (non-hydrogen) atoms. The van der Waals surface area contributed by atoms with Gasteiger partial charge in [0.2, 0.25) is 0 Å². The minimum Gasteiger partial charge on any atom is -0.365 e. The molecule has 0 saturated carbocycles. The highest BCUT2D eigenvalue weighted by molar-refractivity contribution is 5.86. The fourth-order valence-electron chi connectivity index (χ4n) is 2.51. The van der Waals surface area contributed by atoms with Crippen molar-refractivity contribution in [1.29, 1.82) is 0 Å². The molecule has 0 fully saturated rings. The van der Waals surface area contributed by atoms with E-state index in [4.69, 9.17) is 0 Å². The van der Waals surface area contributed by atoms with Crippen LogP contribution in [0.2, 0.25) is 0 Å². The molecule has 0 aliphatic heterocycles. The first-order valence-corrected chi connectivity index (χ1v) is 7.64. The molecular weight excluding hydrogens is 331 g/mol. The Balaban J connectivity index is 1.94. The summed E-state index contributed by atoms with van der Waals surface area (Å²) in [4.78, 5) is 12.9. The maximum atomic E-state index is 13.1. The molecule has 0 aliphatic carbocycles. The monoisotopic (exact) mass is 347 g/mol. The second-order valence-electron chi connectivity index (χ2n) is 5.40. The molecule has 0 atom stereocenters. The van der Waals surface area contributed by atoms with E-state index in [-0.39, 0.29) is 12.1 Å². The molecule has 0 amide bonds. The topological polar surface area (TPSA) is 62.7 Å². The third-order valence-electron chi connectivity index (χ3n) is 3.62. The Morgan fingerprint density at radius 2 is 1.80 bits per heavy atom. The van der Waals surface area contributed by atoms with Crippen molar-refractivity contribution in [3.8, 4) is 0 Å². The molecule has 1 aromatic carbocycles. The van der Waals surface area contributed by atoms with Crippen LogP contribution < -0.4 is 10.6 Å². The summed E-state index contributed by atoms with van der Waals surface area (Å²) < 4.78 is 39.4. The van der Waals surface area contributed by atoms with Gasteiger partial charge < -0.3 is 10.6 Å². The number of anilines is 1. The molecular formula is C17H16F3N5. The van der Waals surface area contributed by atoms with Crippen molar-refractivity contribution in [2.24, 2.45) is 0 Å². The predicted octanol–water partition coefficient (Wildman–Crippen LogP) is 3.38. The highest BCUT2D eigenvalue weighted by Gasteiger charge is 2.32. The maximum Gasteiger partial charge on any atom is 0.416 e. The molecule has 0 aliphatic rings. The van der Waals surface area contributed by atoms with Crippen LogP contribution in [0, 0.1) is 0 Å². The van der Waals surface area contributed by atoms with Gasteiger partial charge in [-0.25, -0.2) is 15.0 Å². The van der Waals surface area contributed by atoms with Gasteiger partial charge in [-0.3, -0.25) is 0 Å². The Kier molecular flexibility index (Phi) is 4.80. The summed E-state index contributed by atoms with van der Waals surface area (Å²) in [5.41, 5.74) is -0.00962. The van der Waals surface area contributed by atoms with E-state index >= 15 is 0 Å². The first kappa shape index (κ1) is 17.1. The molecule has 2 aromatic heterocycles. The SMILES string of the molecule is CNCc1nc(NCc2ccccc2C(F)(F)F)c2cccnc2n1. The van der Waals surface area contributed by atoms with Crippen molar-refractivity contribution >= 4 is 16.9 Å². The van der Waals surface area contributed by atoms with E-state index < -0.39 is 11.7 Å². The van der Waals surface area contributed by atoms with Crippen molar-refractivity contribution in [3.05, 3.63) is 59.5 Å². The first-order chi connectivity index (χ1) is 12.0. The number of pyridine rings is 1. The van der Waals surface area contributed by atoms with E-state index in [0.29, 0.717) is 29.2 Å². The lowest BCUT2D eigenvalue weighted by molar-refractivity contribution is -0.138. The van der Waals surface area contributed by atoms with Gasteiger partial charge in [0.25, 0.3) is 0 Å². The van der Waals surface area contributed by atoms with E-state index in [0.717, 1.165) is 6.07 Å². The average Bonchev–Trinajstić information content (AvgIpc) is 2.59. The number of benzene rings is 1. The van der Waals surface area contributed by atoms with Gasteiger partial charge in [-0.2, -0.15) is 13.2 Å². The van der Waals surface area contributed by atoms with Crippen molar-refractivity contribution in [1.82, 2.24) is 20.3 Å². The highest BCUT2D eigenvalue weighted by Crippen LogP contribution is 2.32. The van der Waals surface area contributed by atoms with Crippen molar-refractivity contribution in [2.45, 2.75) is 19.3 Å². The summed E-state index contributed by atoms with van der Waals surface area (Å²) in [5.74, 6) is 0.973. The summed E-state index contributed by atoms with van der Waals surface area (Å²) in [5, 5.41) is 6.60. The van der Waals surface area contributed by atoms with E-state index in [1.54, 1.807) is 31.4 Å². The molecule has 0 saturated heterocycles. The lowest BCUT2D eigenvalue weighted by Crippen LogP contribution is -2.14. The number of hydrogen-bond acceptors (Lipinski definition) is 5. The van der Waals surface area contributed by atoms with Crippen LogP contribution in [0.1, 0.15) is 17.0 Å². The second kappa shape index (κ2) is 7.02. The number of nitrogens with zero attached hydrogens (tertiary/aromatic N) is 3. The third kappa shape index (κ3) is 3.85. The fraction of sp³-hybridized carbons (Fsp3) is 0.235. The van der Waals surface area contributed by atoms with Gasteiger partial charge in [0.1, 0.15) is 11.6 Å². The number of nitrogens with one attached hydrogen (secondary N) is 2. The minimum absolute atomic E-state index is 0.00428. The van der Waals surface area contributed by atoms with Crippen LogP contribution in [-0.2, 0) is 19.3 Å². The molecule has 0 spiro atoms. The molecule has 0 unspecified atom stereocenters. The number of halogens is 3. The summed E-state index contributed by atoms with van der Waals surface area (Å²) in [6, 6.07) is 9.00. The lowest BCUT2D eigenvalue weighted by Gasteiger charge is -2.14. The molecule has 0 radical (unpaired) electrons. The fourth-order valence-corrected chi connectivity index (χ4v) is 2.51. The lowest BCUT2D eigenvalue weighted by atomic mass is 10.1. The Hall–Kier alpha value is -2.74. The molecule has 3 rings (SSSR count). The number of hydrogen-bond donors (Lipinski definition) is 2. The minimum atomic E-state index is -4.40. The zero-order chi connectivity index (χ0) is 17.9. The summed E-state index contributed by atoms with van der Waals surface area (Å²) >= 11 is 0. The molecule has 130 valence electrons. The zero-order valence-corrected chi connectivity index (χ0v) is 13.4. The molecule has 5 nitrogen and oxygen atoms in total. The number of rotatable bonds is 5. The van der Waals surface area contributed by atoms with Gasteiger partial charge in [-0.05, 0) is 30.8 Å². The Morgan fingerprint density at radius 3 is 2.56 bits per heavy atom. The smallest absolute Gasteiger partial charge is 0.365 e. The van der Waals surface area contributed by atoms with Crippen LogP contribution >= 0.6 is 0 Å². The summed E-state index contributed by atoms with van der Waals surface area (Å²) in [7, 11) is 1.76. The van der Waals surface area contributed by atoms with Crippen molar-refractivity contribution in [2.75, 3.05) is 12.4 Å². The second-order valence-corrected chi connectivity index (χ2v) is 5.40. The van der Waals surface area contributed by atoms with Crippen LogP contribution in [0.15, 0.2) is 42.6 Å². The van der Waals surface area contributed by atoms with Gasteiger partial charge in [0, 0.05) is 12.7 Å². The molecule has 2 heterocycles. The largest absolute Gasteiger partial charge is 0.416 e. The number of fused-ring (bicyclic) bond motifs is 1. The molecule has 8 heteroatoms. The van der Waals surface area contributed by atoms with Gasteiger partial charge >= 0.3 is 6.18 Å². The van der Waals surface area contributed by atoms with Gasteiger partial charge in [0.15, 0.2) is 5.65 Å². The van der Waals surface area contributed by atoms with Gasteiger partial charge in [0.05, 0.1) is 17.5 Å². The molecule has 0 bridgehead atoms. The Bertz CT molecular complexity index is 880. The van der Waals surface area contributed by atoms with Crippen LogP contribution in [0.5, 0.6) is 0 Å². The molecule has 2 N–H and O–H groups in total. The first-order valence-electron chi connectivity index (χ1n) is 7.64. The average molecular weight is 347 g/mol. The van der Waals surface area contributed by atoms with Crippen molar-refractivity contribution < 1.29 is 13.2 Å². The van der Waals surface area contributed by atoms with Gasteiger partial charge in [-0.1, -0.05) is 18.2 Å². The standard InChI is InChI=1S/C17H16F3N5/c1-21-10-14-24-15-12(6-4-8-22-15)16(25-14)23-9-11-5-2-3-7-13(11)17(18,19)20/h2-8,21H,9-10H2,1H3,(H,22,23,24,25). The Morgan fingerprint density at radius 1 is 1.00 bits per heavy atom. The normalized spacial score (nSPS) is 11.7. The summed E-state index contributed by atoms with van der Waals surface area (Å²) in [6.07, 6.45) is -2.79. The van der Waals surface area contributed by atoms with Crippen LogP contribution in [0.25, 0.3) is 11.0 Å². The van der Waals surface area contributed by atoms with Crippen LogP contribution in [-0.4, -0.2) is 22.0 Å². The van der Waals surface area contributed by atoms with E-state index in [9.17, 15) is 13.2 Å². The molecule has 3 aromatic rings. The third-order valence-corrected chi connectivity index (χ3v) is 3.62.